The minimum Gasteiger partial charge on any atom is -0.468 e. The number of hydrogen-bond acceptors (Lipinski definition) is 4. The van der Waals surface area contributed by atoms with Crippen LogP contribution in [-0.2, 0) is 0 Å². The zero-order valence-electron chi connectivity index (χ0n) is 12.8. The van der Waals surface area contributed by atoms with Crippen molar-refractivity contribution < 1.29 is 9.52 Å². The highest BCUT2D eigenvalue weighted by Crippen LogP contribution is 2.23. The molecule has 22 heavy (non-hydrogen) atoms. The van der Waals surface area contributed by atoms with E-state index in [1.54, 1.807) is 6.26 Å². The van der Waals surface area contributed by atoms with Crippen LogP contribution < -0.4 is 10.2 Å². The third-order valence-electron chi connectivity index (χ3n) is 4.36. The molecule has 2 aromatic rings. The number of aliphatic hydroxyl groups excluding tert-OH is 1. The number of rotatable bonds is 6. The lowest BCUT2D eigenvalue weighted by Gasteiger charge is -2.35. The van der Waals surface area contributed by atoms with Gasteiger partial charge in [-0.25, -0.2) is 0 Å². The normalized spacial score (nSPS) is 17.6. The van der Waals surface area contributed by atoms with E-state index in [2.05, 4.69) is 40.5 Å². The Balaban J connectivity index is 1.54. The predicted molar refractivity (Wildman–Crippen MR) is 88.0 cm³/mol. The fourth-order valence-corrected chi connectivity index (χ4v) is 3.15. The lowest BCUT2D eigenvalue weighted by Crippen LogP contribution is -2.43. The van der Waals surface area contributed by atoms with Crippen molar-refractivity contribution in [1.82, 2.24) is 5.32 Å². The maximum absolute atomic E-state index is 9.27. The number of anilines is 1. The van der Waals surface area contributed by atoms with E-state index in [1.165, 1.54) is 5.69 Å². The topological polar surface area (TPSA) is 48.6 Å². The van der Waals surface area contributed by atoms with Crippen molar-refractivity contribution in [3.63, 3.8) is 0 Å². The van der Waals surface area contributed by atoms with Gasteiger partial charge in [0.15, 0.2) is 0 Å². The summed E-state index contributed by atoms with van der Waals surface area (Å²) >= 11 is 0. The Hall–Kier alpha value is -1.78. The second-order valence-corrected chi connectivity index (χ2v) is 5.84. The van der Waals surface area contributed by atoms with Gasteiger partial charge in [-0.3, -0.25) is 0 Å². The van der Waals surface area contributed by atoms with E-state index in [9.17, 15) is 5.11 Å². The number of furan rings is 1. The highest BCUT2D eigenvalue weighted by molar-refractivity contribution is 5.46. The number of aliphatic hydroxyl groups is 1. The standard InChI is InChI=1S/C18H24N2O2/c21-13-10-17(18-7-4-14-22-18)19-15-8-11-20(12-9-15)16-5-2-1-3-6-16/h1-7,14-15,17,19,21H,8-13H2. The molecule has 0 aliphatic carbocycles. The smallest absolute Gasteiger partial charge is 0.120 e. The minimum atomic E-state index is 0.105. The van der Waals surface area contributed by atoms with Crippen molar-refractivity contribution in [3.05, 3.63) is 54.5 Å². The largest absolute Gasteiger partial charge is 0.468 e. The molecule has 1 fully saturated rings. The molecular weight excluding hydrogens is 276 g/mol. The first kappa shape index (κ1) is 15.1. The average molecular weight is 300 g/mol. The molecule has 2 N–H and O–H groups in total. The highest BCUT2D eigenvalue weighted by Gasteiger charge is 2.23. The molecule has 2 heterocycles. The Kier molecular flexibility index (Phi) is 5.14. The van der Waals surface area contributed by atoms with Crippen LogP contribution in [0.25, 0.3) is 0 Å². The van der Waals surface area contributed by atoms with Gasteiger partial charge in [0.25, 0.3) is 0 Å². The number of nitrogens with one attached hydrogen (secondary N) is 1. The zero-order valence-corrected chi connectivity index (χ0v) is 12.8. The number of hydrogen-bond donors (Lipinski definition) is 2. The van der Waals surface area contributed by atoms with Gasteiger partial charge < -0.3 is 19.7 Å². The zero-order chi connectivity index (χ0) is 15.2. The first-order valence-electron chi connectivity index (χ1n) is 8.07. The van der Waals surface area contributed by atoms with Crippen molar-refractivity contribution in [2.45, 2.75) is 31.3 Å². The Morgan fingerprint density at radius 3 is 2.55 bits per heavy atom. The first-order valence-corrected chi connectivity index (χ1v) is 8.07. The van der Waals surface area contributed by atoms with Gasteiger partial charge in [0, 0.05) is 31.4 Å². The Morgan fingerprint density at radius 2 is 1.91 bits per heavy atom. The van der Waals surface area contributed by atoms with E-state index in [0.717, 1.165) is 31.7 Å². The predicted octanol–water partition coefficient (Wildman–Crippen LogP) is 2.96. The van der Waals surface area contributed by atoms with Gasteiger partial charge in [-0.1, -0.05) is 18.2 Å². The van der Waals surface area contributed by atoms with E-state index in [0.29, 0.717) is 12.5 Å². The molecule has 4 nitrogen and oxygen atoms in total. The summed E-state index contributed by atoms with van der Waals surface area (Å²) in [6.45, 7) is 2.29. The van der Waals surface area contributed by atoms with E-state index < -0.39 is 0 Å². The molecule has 0 amide bonds. The molecule has 1 atom stereocenters. The van der Waals surface area contributed by atoms with Gasteiger partial charge in [0.1, 0.15) is 5.76 Å². The van der Waals surface area contributed by atoms with Crippen molar-refractivity contribution in [2.24, 2.45) is 0 Å². The molecule has 0 radical (unpaired) electrons. The third-order valence-corrected chi connectivity index (χ3v) is 4.36. The monoisotopic (exact) mass is 300 g/mol. The number of benzene rings is 1. The van der Waals surface area contributed by atoms with Crippen molar-refractivity contribution >= 4 is 5.69 Å². The van der Waals surface area contributed by atoms with Crippen LogP contribution in [-0.4, -0.2) is 30.8 Å². The second-order valence-electron chi connectivity index (χ2n) is 5.84. The number of para-hydroxylation sites is 1. The van der Waals surface area contributed by atoms with E-state index in [1.807, 2.05) is 12.1 Å². The summed E-state index contributed by atoms with van der Waals surface area (Å²) in [6, 6.07) is 15.0. The summed E-state index contributed by atoms with van der Waals surface area (Å²) in [5, 5.41) is 12.9. The lowest BCUT2D eigenvalue weighted by molar-refractivity contribution is 0.239. The van der Waals surface area contributed by atoms with Crippen LogP contribution in [0.4, 0.5) is 5.69 Å². The Bertz CT molecular complexity index is 533. The van der Waals surface area contributed by atoms with Crippen molar-refractivity contribution in [2.75, 3.05) is 24.6 Å². The first-order chi connectivity index (χ1) is 10.9. The van der Waals surface area contributed by atoms with E-state index in [4.69, 9.17) is 4.42 Å². The van der Waals surface area contributed by atoms with Crippen LogP contribution in [0.5, 0.6) is 0 Å². The summed E-state index contributed by atoms with van der Waals surface area (Å²) in [6.07, 6.45) is 4.60. The maximum Gasteiger partial charge on any atom is 0.120 e. The third kappa shape index (κ3) is 3.70. The van der Waals surface area contributed by atoms with Gasteiger partial charge in [0.2, 0.25) is 0 Å². The molecule has 1 aromatic carbocycles. The maximum atomic E-state index is 9.27. The summed E-state index contributed by atoms with van der Waals surface area (Å²) < 4.78 is 5.50. The molecule has 1 saturated heterocycles. The van der Waals surface area contributed by atoms with Gasteiger partial charge >= 0.3 is 0 Å². The van der Waals surface area contributed by atoms with Gasteiger partial charge in [-0.05, 0) is 43.5 Å². The minimum absolute atomic E-state index is 0.105. The SMILES string of the molecule is OCCC(NC1CCN(c2ccccc2)CC1)c1ccco1. The van der Waals surface area contributed by atoms with Crippen LogP contribution >= 0.6 is 0 Å². The molecule has 1 aliphatic heterocycles. The van der Waals surface area contributed by atoms with Gasteiger partial charge in [0.05, 0.1) is 12.3 Å². The summed E-state index contributed by atoms with van der Waals surface area (Å²) in [5.74, 6) is 0.916. The van der Waals surface area contributed by atoms with Crippen LogP contribution in [0, 0.1) is 0 Å². The Morgan fingerprint density at radius 1 is 1.14 bits per heavy atom. The second kappa shape index (κ2) is 7.47. The molecular formula is C18H24N2O2. The molecule has 1 aliphatic rings. The van der Waals surface area contributed by atoms with Crippen LogP contribution in [0.3, 0.4) is 0 Å². The van der Waals surface area contributed by atoms with E-state index in [-0.39, 0.29) is 12.6 Å². The number of piperidine rings is 1. The molecule has 0 bridgehead atoms. The summed E-state index contributed by atoms with van der Waals surface area (Å²) in [4.78, 5) is 2.44. The van der Waals surface area contributed by atoms with Crippen molar-refractivity contribution in [1.29, 1.82) is 0 Å². The molecule has 0 spiro atoms. The Labute approximate surface area is 131 Å². The van der Waals surface area contributed by atoms with Crippen LogP contribution in [0.1, 0.15) is 31.1 Å². The van der Waals surface area contributed by atoms with Gasteiger partial charge in [-0.15, -0.1) is 0 Å². The lowest BCUT2D eigenvalue weighted by atomic mass is 10.0. The fraction of sp³-hybridized carbons (Fsp3) is 0.444. The van der Waals surface area contributed by atoms with Crippen LogP contribution in [0.2, 0.25) is 0 Å². The molecule has 3 rings (SSSR count). The molecule has 118 valence electrons. The highest BCUT2D eigenvalue weighted by atomic mass is 16.3. The van der Waals surface area contributed by atoms with Crippen LogP contribution in [0.15, 0.2) is 53.1 Å². The fourth-order valence-electron chi connectivity index (χ4n) is 3.15. The molecule has 0 saturated carbocycles. The van der Waals surface area contributed by atoms with E-state index >= 15 is 0 Å². The summed E-state index contributed by atoms with van der Waals surface area (Å²) in [5.41, 5.74) is 1.30. The molecule has 1 unspecified atom stereocenters. The summed E-state index contributed by atoms with van der Waals surface area (Å²) in [7, 11) is 0. The van der Waals surface area contributed by atoms with Gasteiger partial charge in [-0.2, -0.15) is 0 Å². The molecule has 4 heteroatoms. The average Bonchev–Trinajstić information content (AvgIpc) is 3.10. The van der Waals surface area contributed by atoms with Crippen molar-refractivity contribution in [3.8, 4) is 0 Å². The molecule has 1 aromatic heterocycles. The quantitative estimate of drug-likeness (QED) is 0.861. The number of nitrogens with zero attached hydrogens (tertiary/aromatic N) is 1.